The van der Waals surface area contributed by atoms with Crippen LogP contribution in [0.3, 0.4) is 0 Å². The minimum Gasteiger partial charge on any atom is -0.507 e. The molecule has 31 heavy (non-hydrogen) atoms. The zero-order valence-corrected chi connectivity index (χ0v) is 17.0. The maximum Gasteiger partial charge on any atom is 0.301 e. The first-order chi connectivity index (χ1) is 15.1. The first-order valence-electron chi connectivity index (χ1n) is 9.56. The van der Waals surface area contributed by atoms with Crippen LogP contribution in [0, 0.1) is 0 Å². The topological polar surface area (TPSA) is 89.0 Å². The number of carbonyl (C=O) groups is 2. The van der Waals surface area contributed by atoms with Gasteiger partial charge < -0.3 is 14.6 Å². The molecule has 156 valence electrons. The molecule has 1 atom stereocenters. The molecule has 0 aliphatic carbocycles. The highest BCUT2D eigenvalue weighted by molar-refractivity contribution is 6.51. The fraction of sp³-hybridized carbons (Fsp3) is 0.125. The van der Waals surface area contributed by atoms with Gasteiger partial charge in [0.25, 0.3) is 5.78 Å². The van der Waals surface area contributed by atoms with Gasteiger partial charge in [-0.2, -0.15) is 0 Å². The van der Waals surface area contributed by atoms with Crippen LogP contribution in [0.25, 0.3) is 5.76 Å². The van der Waals surface area contributed by atoms with E-state index in [0.29, 0.717) is 28.4 Å². The van der Waals surface area contributed by atoms with E-state index in [-0.39, 0.29) is 11.3 Å². The number of aromatic nitrogens is 1. The molecule has 1 amide bonds. The van der Waals surface area contributed by atoms with Crippen molar-refractivity contribution in [2.75, 3.05) is 19.1 Å². The number of ketones is 1. The second kappa shape index (κ2) is 8.31. The Hall–Kier alpha value is -4.13. The molecule has 1 N–H and O–H groups in total. The van der Waals surface area contributed by atoms with Gasteiger partial charge in [0, 0.05) is 17.3 Å². The molecule has 0 radical (unpaired) electrons. The Morgan fingerprint density at radius 3 is 2.45 bits per heavy atom. The number of Topliss-reactive ketones (excluding diaryl/α,β-unsaturated/α-hetero) is 1. The number of pyridine rings is 1. The van der Waals surface area contributed by atoms with E-state index >= 15 is 0 Å². The lowest BCUT2D eigenvalue weighted by molar-refractivity contribution is -0.132. The predicted octanol–water partition coefficient (Wildman–Crippen LogP) is 3.73. The van der Waals surface area contributed by atoms with Crippen molar-refractivity contribution in [1.82, 2.24) is 4.98 Å². The summed E-state index contributed by atoms with van der Waals surface area (Å²) in [6.07, 6.45) is 1.54. The number of ether oxygens (including phenoxy) is 2. The molecule has 1 aliphatic heterocycles. The second-order valence-corrected chi connectivity index (χ2v) is 6.83. The van der Waals surface area contributed by atoms with Crippen LogP contribution in [0.2, 0.25) is 0 Å². The van der Waals surface area contributed by atoms with Crippen molar-refractivity contribution >= 4 is 23.3 Å². The van der Waals surface area contributed by atoms with E-state index in [4.69, 9.17) is 9.47 Å². The average molecular weight is 416 g/mol. The van der Waals surface area contributed by atoms with Crippen LogP contribution >= 0.6 is 0 Å². The zero-order valence-electron chi connectivity index (χ0n) is 17.0. The lowest BCUT2D eigenvalue weighted by atomic mass is 9.94. The number of aliphatic hydroxyl groups is 1. The third-order valence-corrected chi connectivity index (χ3v) is 5.12. The number of methoxy groups -OCH3 is 2. The summed E-state index contributed by atoms with van der Waals surface area (Å²) in [6, 6.07) is 17.9. The number of nitrogens with zero attached hydrogens (tertiary/aromatic N) is 2. The van der Waals surface area contributed by atoms with Crippen molar-refractivity contribution in [2.24, 2.45) is 0 Å². The number of benzene rings is 2. The van der Waals surface area contributed by atoms with Crippen LogP contribution in [-0.4, -0.2) is 36.0 Å². The lowest BCUT2D eigenvalue weighted by Crippen LogP contribution is -2.30. The minimum atomic E-state index is -0.919. The van der Waals surface area contributed by atoms with Gasteiger partial charge in [-0.15, -0.1) is 0 Å². The number of para-hydroxylation sites is 1. The Morgan fingerprint density at radius 1 is 0.968 bits per heavy atom. The number of carbonyl (C=O) groups excluding carboxylic acids is 2. The number of anilines is 1. The molecule has 7 heteroatoms. The van der Waals surface area contributed by atoms with Crippen LogP contribution in [-0.2, 0) is 9.59 Å². The highest BCUT2D eigenvalue weighted by Gasteiger charge is 2.48. The Kier molecular flexibility index (Phi) is 5.41. The van der Waals surface area contributed by atoms with Gasteiger partial charge in [0.2, 0.25) is 0 Å². The van der Waals surface area contributed by atoms with Crippen molar-refractivity contribution in [2.45, 2.75) is 6.04 Å². The van der Waals surface area contributed by atoms with Gasteiger partial charge in [-0.3, -0.25) is 14.5 Å². The fourth-order valence-corrected chi connectivity index (χ4v) is 3.68. The van der Waals surface area contributed by atoms with E-state index in [2.05, 4.69) is 4.98 Å². The van der Waals surface area contributed by atoms with Gasteiger partial charge in [0.15, 0.2) is 0 Å². The van der Waals surface area contributed by atoms with Crippen LogP contribution in [0.5, 0.6) is 11.5 Å². The molecular weight excluding hydrogens is 396 g/mol. The quantitative estimate of drug-likeness (QED) is 0.387. The highest BCUT2D eigenvalue weighted by atomic mass is 16.5. The van der Waals surface area contributed by atoms with E-state index in [9.17, 15) is 14.7 Å². The Bertz CT molecular complexity index is 1170. The van der Waals surface area contributed by atoms with Crippen LogP contribution in [0.4, 0.5) is 5.82 Å². The Labute approximate surface area is 179 Å². The summed E-state index contributed by atoms with van der Waals surface area (Å²) in [4.78, 5) is 31.8. The van der Waals surface area contributed by atoms with Gasteiger partial charge in [0.05, 0.1) is 19.8 Å². The van der Waals surface area contributed by atoms with Gasteiger partial charge in [-0.05, 0) is 30.3 Å². The second-order valence-electron chi connectivity index (χ2n) is 6.83. The van der Waals surface area contributed by atoms with Crippen molar-refractivity contribution in [3.63, 3.8) is 0 Å². The third kappa shape index (κ3) is 3.50. The summed E-state index contributed by atoms with van der Waals surface area (Å²) in [5, 5.41) is 11.2. The van der Waals surface area contributed by atoms with Gasteiger partial charge in [0.1, 0.15) is 29.1 Å². The van der Waals surface area contributed by atoms with Crippen LogP contribution in [0.15, 0.2) is 78.5 Å². The van der Waals surface area contributed by atoms with Crippen LogP contribution < -0.4 is 14.4 Å². The largest absolute Gasteiger partial charge is 0.507 e. The molecule has 2 heterocycles. The first-order valence-corrected chi connectivity index (χ1v) is 9.56. The van der Waals surface area contributed by atoms with E-state index in [1.54, 1.807) is 66.7 Å². The predicted molar refractivity (Wildman–Crippen MR) is 115 cm³/mol. The number of hydrogen-bond acceptors (Lipinski definition) is 6. The summed E-state index contributed by atoms with van der Waals surface area (Å²) in [5.41, 5.74) is 0.867. The average Bonchev–Trinajstić information content (AvgIpc) is 3.09. The smallest absolute Gasteiger partial charge is 0.301 e. The number of hydrogen-bond donors (Lipinski definition) is 1. The van der Waals surface area contributed by atoms with Gasteiger partial charge >= 0.3 is 5.91 Å². The molecule has 0 spiro atoms. The zero-order chi connectivity index (χ0) is 22.0. The van der Waals surface area contributed by atoms with Gasteiger partial charge in [-0.25, -0.2) is 4.98 Å². The summed E-state index contributed by atoms with van der Waals surface area (Å²) in [6.45, 7) is 0. The van der Waals surface area contributed by atoms with Crippen molar-refractivity contribution in [3.8, 4) is 11.5 Å². The molecule has 1 fully saturated rings. The normalized spacial score (nSPS) is 17.6. The molecule has 1 aliphatic rings. The Morgan fingerprint density at radius 2 is 1.74 bits per heavy atom. The van der Waals surface area contributed by atoms with Gasteiger partial charge in [-0.1, -0.05) is 36.4 Å². The Balaban J connectivity index is 1.98. The number of aliphatic hydroxyl groups excluding tert-OH is 1. The van der Waals surface area contributed by atoms with Crippen molar-refractivity contribution < 1.29 is 24.2 Å². The molecule has 1 saturated heterocycles. The molecule has 7 nitrogen and oxygen atoms in total. The van der Waals surface area contributed by atoms with E-state index in [0.717, 1.165) is 0 Å². The number of rotatable bonds is 5. The molecule has 0 saturated carbocycles. The SMILES string of the molecule is COc1cccc(/C(O)=C2/C(=O)C(=O)N(c3ccccn3)C2c2ccccc2OC)c1. The summed E-state index contributed by atoms with van der Waals surface area (Å²) < 4.78 is 10.7. The summed E-state index contributed by atoms with van der Waals surface area (Å²) >= 11 is 0. The van der Waals surface area contributed by atoms with E-state index in [1.165, 1.54) is 25.3 Å². The maximum absolute atomic E-state index is 13.1. The molecule has 2 aromatic carbocycles. The molecule has 3 aromatic rings. The van der Waals surface area contributed by atoms with Crippen molar-refractivity contribution in [3.05, 3.63) is 89.6 Å². The highest BCUT2D eigenvalue weighted by Crippen LogP contribution is 2.44. The van der Waals surface area contributed by atoms with E-state index in [1.807, 2.05) is 0 Å². The molecule has 0 bridgehead atoms. The van der Waals surface area contributed by atoms with Crippen LogP contribution in [0.1, 0.15) is 17.2 Å². The van der Waals surface area contributed by atoms with Crippen molar-refractivity contribution in [1.29, 1.82) is 0 Å². The standard InChI is InChI=1S/C24H20N2O5/c1-30-16-9-7-8-15(14-16)22(27)20-21(17-10-3-4-11-18(17)31-2)26(24(29)23(20)28)19-12-5-6-13-25-19/h3-14,21,27H,1-2H3/b22-20-. The molecular formula is C24H20N2O5. The lowest BCUT2D eigenvalue weighted by Gasteiger charge is -2.25. The summed E-state index contributed by atoms with van der Waals surface area (Å²) in [5.74, 6) is -0.596. The monoisotopic (exact) mass is 416 g/mol. The van der Waals surface area contributed by atoms with E-state index < -0.39 is 17.7 Å². The molecule has 4 rings (SSSR count). The minimum absolute atomic E-state index is 0.0478. The summed E-state index contributed by atoms with van der Waals surface area (Å²) in [7, 11) is 3.02. The third-order valence-electron chi connectivity index (χ3n) is 5.12. The first kappa shape index (κ1) is 20.2. The molecule has 1 unspecified atom stereocenters. The maximum atomic E-state index is 13.1. The fourth-order valence-electron chi connectivity index (χ4n) is 3.68. The number of amides is 1. The molecule has 1 aromatic heterocycles.